The minimum atomic E-state index is -3.52. The Bertz CT molecular complexity index is 1060. The third kappa shape index (κ3) is 3.31. The van der Waals surface area contributed by atoms with Crippen molar-refractivity contribution in [1.29, 1.82) is 0 Å². The molecule has 0 saturated carbocycles. The molecule has 1 aliphatic rings. The lowest BCUT2D eigenvalue weighted by Crippen LogP contribution is -2.23. The average molecular weight is 387 g/mol. The molecule has 132 valence electrons. The van der Waals surface area contributed by atoms with Crippen LogP contribution in [0.15, 0.2) is 71.9 Å². The van der Waals surface area contributed by atoms with Crippen LogP contribution in [0.4, 0.5) is 0 Å². The highest BCUT2D eigenvalue weighted by atomic mass is 35.5. The van der Waals surface area contributed by atoms with Gasteiger partial charge in [-0.2, -0.15) is 4.31 Å². The maximum Gasteiger partial charge on any atom is 0.244 e. The predicted octanol–water partition coefficient (Wildman–Crippen LogP) is 4.23. The van der Waals surface area contributed by atoms with E-state index in [9.17, 15) is 8.42 Å². The first-order chi connectivity index (χ1) is 12.5. The summed E-state index contributed by atoms with van der Waals surface area (Å²) in [5, 5.41) is 0.587. The van der Waals surface area contributed by atoms with Gasteiger partial charge in [-0.25, -0.2) is 8.42 Å². The smallest absolute Gasteiger partial charge is 0.244 e. The van der Waals surface area contributed by atoms with Gasteiger partial charge >= 0.3 is 0 Å². The Balaban J connectivity index is 1.59. The van der Waals surface area contributed by atoms with Crippen LogP contribution in [-0.4, -0.2) is 17.7 Å². The molecule has 4 rings (SSSR count). The summed E-state index contributed by atoms with van der Waals surface area (Å²) >= 11 is 6.00. The van der Waals surface area contributed by atoms with E-state index in [0.717, 1.165) is 5.56 Å². The number of nitrogens with zero attached hydrogens (tertiary/aromatic N) is 2. The molecule has 0 saturated heterocycles. The fourth-order valence-electron chi connectivity index (χ4n) is 2.93. The van der Waals surface area contributed by atoms with Gasteiger partial charge in [0.15, 0.2) is 0 Å². The fraction of sp³-hybridized carbons (Fsp3) is 0.105. The Morgan fingerprint density at radius 1 is 1.08 bits per heavy atom. The molecule has 0 N–H and O–H groups in total. The number of aromatic nitrogens is 1. The third-order valence-electron chi connectivity index (χ3n) is 4.11. The number of fused-ring (bicyclic) bond motifs is 1. The van der Waals surface area contributed by atoms with Crippen LogP contribution in [0.1, 0.15) is 11.1 Å². The van der Waals surface area contributed by atoms with Crippen molar-refractivity contribution in [3.05, 3.63) is 83.1 Å². The van der Waals surface area contributed by atoms with Gasteiger partial charge in [-0.15, -0.1) is 0 Å². The zero-order valence-corrected chi connectivity index (χ0v) is 15.2. The van der Waals surface area contributed by atoms with Crippen molar-refractivity contribution in [2.45, 2.75) is 18.0 Å². The summed E-state index contributed by atoms with van der Waals surface area (Å²) in [6, 6.07) is 15.8. The van der Waals surface area contributed by atoms with Gasteiger partial charge in [0.2, 0.25) is 10.0 Å². The van der Waals surface area contributed by atoms with Crippen molar-refractivity contribution in [2.75, 3.05) is 0 Å². The molecule has 0 aliphatic carbocycles. The van der Waals surface area contributed by atoms with Gasteiger partial charge in [-0.1, -0.05) is 23.7 Å². The quantitative estimate of drug-likeness (QED) is 0.673. The van der Waals surface area contributed by atoms with Crippen molar-refractivity contribution >= 4 is 21.6 Å². The Labute approximate surface area is 156 Å². The first-order valence-corrected chi connectivity index (χ1v) is 9.79. The molecule has 0 atom stereocenters. The highest BCUT2D eigenvalue weighted by Crippen LogP contribution is 2.35. The van der Waals surface area contributed by atoms with E-state index in [1.807, 2.05) is 12.1 Å². The van der Waals surface area contributed by atoms with Crippen molar-refractivity contribution in [3.8, 4) is 11.5 Å². The van der Waals surface area contributed by atoms with Crippen molar-refractivity contribution in [3.63, 3.8) is 0 Å². The third-order valence-corrected chi connectivity index (χ3v) is 6.24. The molecule has 1 aromatic heterocycles. The molecule has 0 fully saturated rings. The second-order valence-corrected chi connectivity index (χ2v) is 8.31. The summed E-state index contributed by atoms with van der Waals surface area (Å²) in [5.41, 5.74) is 1.56. The standard InChI is InChI=1S/C19H15ClN2O3S/c20-16-4-1-3-14(9-16)12-22-13-15-10-17(6-7-19(15)26(22,23)24)25-18-5-2-8-21-11-18/h1-11H,12-13H2. The zero-order chi connectivity index (χ0) is 18.1. The topological polar surface area (TPSA) is 59.5 Å². The Morgan fingerprint density at radius 2 is 1.96 bits per heavy atom. The van der Waals surface area contributed by atoms with Gasteiger partial charge in [0.25, 0.3) is 0 Å². The van der Waals surface area contributed by atoms with E-state index in [-0.39, 0.29) is 6.54 Å². The lowest BCUT2D eigenvalue weighted by Gasteiger charge is -2.14. The number of halogens is 1. The Kier molecular flexibility index (Phi) is 4.40. The van der Waals surface area contributed by atoms with Crippen LogP contribution >= 0.6 is 11.6 Å². The molecule has 2 aromatic carbocycles. The maximum atomic E-state index is 12.8. The van der Waals surface area contributed by atoms with E-state index < -0.39 is 10.0 Å². The minimum absolute atomic E-state index is 0.274. The molecule has 0 amide bonds. The second kappa shape index (κ2) is 6.72. The van der Waals surface area contributed by atoms with E-state index in [1.54, 1.807) is 54.9 Å². The van der Waals surface area contributed by atoms with Crippen molar-refractivity contribution < 1.29 is 13.2 Å². The molecule has 0 unspecified atom stereocenters. The van der Waals surface area contributed by atoms with Crippen LogP contribution in [0, 0.1) is 0 Å². The molecule has 0 radical (unpaired) electrons. The fourth-order valence-corrected chi connectivity index (χ4v) is 4.75. The van der Waals surface area contributed by atoms with Crippen LogP contribution in [0.2, 0.25) is 5.02 Å². The number of benzene rings is 2. The van der Waals surface area contributed by atoms with Gasteiger partial charge in [0.05, 0.1) is 11.1 Å². The summed E-state index contributed by atoms with van der Waals surface area (Å²) in [5.74, 6) is 1.18. The lowest BCUT2D eigenvalue weighted by atomic mass is 10.2. The van der Waals surface area contributed by atoms with Crippen LogP contribution in [0.3, 0.4) is 0 Å². The monoisotopic (exact) mass is 386 g/mol. The van der Waals surface area contributed by atoms with E-state index in [2.05, 4.69) is 4.98 Å². The number of hydrogen-bond donors (Lipinski definition) is 0. The van der Waals surface area contributed by atoms with Crippen LogP contribution in [0.25, 0.3) is 0 Å². The Hall–Kier alpha value is -2.41. The molecule has 7 heteroatoms. The largest absolute Gasteiger partial charge is 0.456 e. The highest BCUT2D eigenvalue weighted by Gasteiger charge is 2.34. The summed E-state index contributed by atoms with van der Waals surface area (Å²) in [6.07, 6.45) is 3.27. The van der Waals surface area contributed by atoms with Gasteiger partial charge in [-0.3, -0.25) is 4.98 Å². The molecule has 1 aliphatic heterocycles. The van der Waals surface area contributed by atoms with Crippen molar-refractivity contribution in [2.24, 2.45) is 0 Å². The van der Waals surface area contributed by atoms with Gasteiger partial charge < -0.3 is 4.74 Å². The van der Waals surface area contributed by atoms with Crippen molar-refractivity contribution in [1.82, 2.24) is 9.29 Å². The summed E-state index contributed by atoms with van der Waals surface area (Å²) in [6.45, 7) is 0.574. The Morgan fingerprint density at radius 3 is 2.73 bits per heavy atom. The van der Waals surface area contributed by atoms with Gasteiger partial charge in [0, 0.05) is 24.3 Å². The van der Waals surface area contributed by atoms with E-state index >= 15 is 0 Å². The molecule has 2 heterocycles. The molecule has 26 heavy (non-hydrogen) atoms. The molecular formula is C19H15ClN2O3S. The van der Waals surface area contributed by atoms with Gasteiger partial charge in [-0.05, 0) is 53.6 Å². The molecular weight excluding hydrogens is 372 g/mol. The predicted molar refractivity (Wildman–Crippen MR) is 98.6 cm³/mol. The van der Waals surface area contributed by atoms with Crippen LogP contribution in [-0.2, 0) is 23.1 Å². The summed E-state index contributed by atoms with van der Waals surface area (Å²) in [7, 11) is -3.52. The average Bonchev–Trinajstić information content (AvgIpc) is 2.86. The van der Waals surface area contributed by atoms with E-state index in [4.69, 9.17) is 16.3 Å². The number of rotatable bonds is 4. The number of pyridine rings is 1. The first-order valence-electron chi connectivity index (χ1n) is 7.98. The first kappa shape index (κ1) is 17.0. The number of hydrogen-bond acceptors (Lipinski definition) is 4. The molecule has 5 nitrogen and oxygen atoms in total. The lowest BCUT2D eigenvalue weighted by molar-refractivity contribution is 0.419. The molecule has 0 spiro atoms. The second-order valence-electron chi connectivity index (χ2n) is 5.96. The highest BCUT2D eigenvalue weighted by molar-refractivity contribution is 7.89. The van der Waals surface area contributed by atoms with E-state index in [0.29, 0.717) is 33.5 Å². The number of ether oxygens (including phenoxy) is 1. The summed E-state index contributed by atoms with van der Waals surface area (Å²) < 4.78 is 32.8. The van der Waals surface area contributed by atoms with Crippen LogP contribution < -0.4 is 4.74 Å². The minimum Gasteiger partial charge on any atom is -0.456 e. The maximum absolute atomic E-state index is 12.8. The zero-order valence-electron chi connectivity index (χ0n) is 13.7. The van der Waals surface area contributed by atoms with Crippen LogP contribution in [0.5, 0.6) is 11.5 Å². The van der Waals surface area contributed by atoms with E-state index in [1.165, 1.54) is 4.31 Å². The number of sulfonamides is 1. The normalized spacial score (nSPS) is 15.6. The SMILES string of the molecule is O=S1(=O)c2ccc(Oc3cccnc3)cc2CN1Cc1cccc(Cl)c1. The molecule has 0 bridgehead atoms. The van der Waals surface area contributed by atoms with Gasteiger partial charge in [0.1, 0.15) is 11.5 Å². The molecule has 3 aromatic rings. The summed E-state index contributed by atoms with van der Waals surface area (Å²) in [4.78, 5) is 4.32.